The van der Waals surface area contributed by atoms with Crippen LogP contribution < -0.4 is 0 Å². The van der Waals surface area contributed by atoms with Crippen LogP contribution in [0.2, 0.25) is 0 Å². The van der Waals surface area contributed by atoms with Gasteiger partial charge in [-0.2, -0.15) is 0 Å². The Morgan fingerprint density at radius 2 is 2.19 bits per heavy atom. The van der Waals surface area contributed by atoms with Crippen LogP contribution in [0.4, 0.5) is 5.69 Å². The lowest BCUT2D eigenvalue weighted by molar-refractivity contribution is -0.385. The fraction of sp³-hybridized carbons (Fsp3) is 0.455. The molecule has 0 aromatic heterocycles. The van der Waals surface area contributed by atoms with Crippen molar-refractivity contribution in [3.63, 3.8) is 0 Å². The Labute approximate surface area is 108 Å². The van der Waals surface area contributed by atoms with E-state index < -0.39 is 0 Å². The predicted octanol–water partition coefficient (Wildman–Crippen LogP) is 4.61. The molecule has 0 radical (unpaired) electrons. The minimum absolute atomic E-state index is 0.105. The lowest BCUT2D eigenvalue weighted by Crippen LogP contribution is -1.99. The molecule has 0 aliphatic rings. The zero-order valence-corrected chi connectivity index (χ0v) is 11.5. The van der Waals surface area contributed by atoms with Gasteiger partial charge in [-0.3, -0.25) is 10.1 Å². The topological polar surface area (TPSA) is 43.1 Å². The summed E-state index contributed by atoms with van der Waals surface area (Å²) in [5, 5.41) is 10.9. The van der Waals surface area contributed by atoms with E-state index in [0.29, 0.717) is 5.56 Å². The maximum Gasteiger partial charge on any atom is 0.274 e. The molecule has 1 atom stereocenters. The molecule has 1 aromatic carbocycles. The summed E-state index contributed by atoms with van der Waals surface area (Å²) in [6.45, 7) is 4.10. The highest BCUT2D eigenvalue weighted by molar-refractivity contribution is 9.10. The monoisotopic (exact) mass is 305 g/mol. The van der Waals surface area contributed by atoms with E-state index in [1.807, 2.05) is 6.92 Å². The highest BCUT2D eigenvalue weighted by Gasteiger charge is 2.18. The Bertz CT molecular complexity index is 409. The third-order valence-corrected chi connectivity index (χ3v) is 3.66. The van der Waals surface area contributed by atoms with Crippen molar-refractivity contribution in [2.24, 2.45) is 0 Å². The van der Waals surface area contributed by atoms with Crippen molar-refractivity contribution < 1.29 is 4.92 Å². The molecule has 0 spiro atoms. The minimum Gasteiger partial charge on any atom is -0.258 e. The lowest BCUT2D eigenvalue weighted by atomic mass is 9.97. The summed E-state index contributed by atoms with van der Waals surface area (Å²) in [7, 11) is 0. The molecule has 0 aliphatic heterocycles. The number of nitro benzene ring substituents is 1. The molecule has 0 aliphatic carbocycles. The van der Waals surface area contributed by atoms with E-state index in [1.54, 1.807) is 12.1 Å². The molecule has 0 bridgehead atoms. The van der Waals surface area contributed by atoms with Gasteiger partial charge in [0.05, 0.1) is 10.8 Å². The highest BCUT2D eigenvalue weighted by Crippen LogP contribution is 2.33. The normalized spacial score (nSPS) is 12.5. The Morgan fingerprint density at radius 1 is 1.56 bits per heavy atom. The number of alkyl halides is 1. The van der Waals surface area contributed by atoms with Gasteiger partial charge in [-0.05, 0) is 24.0 Å². The predicted molar refractivity (Wildman–Crippen MR) is 69.1 cm³/mol. The smallest absolute Gasteiger partial charge is 0.258 e. The third kappa shape index (κ3) is 2.74. The molecule has 0 fully saturated rings. The molecule has 0 amide bonds. The average molecular weight is 307 g/mol. The molecular weight excluding hydrogens is 293 g/mol. The fourth-order valence-corrected chi connectivity index (χ4v) is 2.49. The second-order valence-corrected chi connectivity index (χ2v) is 4.82. The van der Waals surface area contributed by atoms with E-state index in [1.165, 1.54) is 0 Å². The highest BCUT2D eigenvalue weighted by atomic mass is 79.9. The summed E-state index contributed by atoms with van der Waals surface area (Å²) in [5.41, 5.74) is 1.61. The molecule has 1 aromatic rings. The van der Waals surface area contributed by atoms with E-state index in [4.69, 9.17) is 11.6 Å². The zero-order valence-electron chi connectivity index (χ0n) is 9.17. The molecule has 3 nitrogen and oxygen atoms in total. The van der Waals surface area contributed by atoms with Gasteiger partial charge in [0.2, 0.25) is 0 Å². The first-order chi connectivity index (χ1) is 7.51. The lowest BCUT2D eigenvalue weighted by Gasteiger charge is -2.12. The van der Waals surface area contributed by atoms with Gasteiger partial charge in [-0.1, -0.05) is 29.8 Å². The molecule has 0 saturated heterocycles. The zero-order chi connectivity index (χ0) is 12.3. The van der Waals surface area contributed by atoms with Crippen LogP contribution in [0.1, 0.15) is 37.3 Å². The Morgan fingerprint density at radius 3 is 2.62 bits per heavy atom. The molecule has 5 heteroatoms. The van der Waals surface area contributed by atoms with E-state index in [9.17, 15) is 10.1 Å². The first kappa shape index (κ1) is 13.5. The molecule has 0 heterocycles. The van der Waals surface area contributed by atoms with Gasteiger partial charge in [0, 0.05) is 16.1 Å². The molecule has 0 saturated carbocycles. The number of halogens is 2. The van der Waals surface area contributed by atoms with Crippen molar-refractivity contribution in [1.29, 1.82) is 0 Å². The maximum absolute atomic E-state index is 10.9. The first-order valence-electron chi connectivity index (χ1n) is 5.03. The van der Waals surface area contributed by atoms with E-state index in [-0.39, 0.29) is 22.4 Å². The quantitative estimate of drug-likeness (QED) is 0.463. The van der Waals surface area contributed by atoms with Crippen LogP contribution in [0.5, 0.6) is 0 Å². The van der Waals surface area contributed by atoms with Gasteiger partial charge in [0.15, 0.2) is 0 Å². The Kier molecular flexibility index (Phi) is 4.74. The molecule has 0 N–H and O–H groups in total. The molecule has 16 heavy (non-hydrogen) atoms. The molecular formula is C11H13BrClNO2. The van der Waals surface area contributed by atoms with Crippen molar-refractivity contribution in [2.75, 3.05) is 0 Å². The summed E-state index contributed by atoms with van der Waals surface area (Å²) < 4.78 is 0.892. The van der Waals surface area contributed by atoms with Crippen LogP contribution in [-0.2, 0) is 5.88 Å². The Hall–Kier alpha value is -0.610. The van der Waals surface area contributed by atoms with Crippen molar-refractivity contribution in [2.45, 2.75) is 32.1 Å². The van der Waals surface area contributed by atoms with Gasteiger partial charge < -0.3 is 0 Å². The van der Waals surface area contributed by atoms with Gasteiger partial charge in [-0.25, -0.2) is 0 Å². The number of hydrogen-bond acceptors (Lipinski definition) is 2. The van der Waals surface area contributed by atoms with Crippen LogP contribution in [0, 0.1) is 10.1 Å². The number of hydrogen-bond donors (Lipinski definition) is 0. The summed E-state index contributed by atoms with van der Waals surface area (Å²) >= 11 is 9.12. The average Bonchev–Trinajstić information content (AvgIpc) is 2.27. The summed E-state index contributed by atoms with van der Waals surface area (Å²) in [4.78, 5) is 10.5. The van der Waals surface area contributed by atoms with Crippen LogP contribution in [0.25, 0.3) is 0 Å². The summed E-state index contributed by atoms with van der Waals surface area (Å²) in [5.74, 6) is 0.438. The van der Waals surface area contributed by atoms with Gasteiger partial charge in [0.1, 0.15) is 0 Å². The van der Waals surface area contributed by atoms with Gasteiger partial charge in [0.25, 0.3) is 5.69 Å². The van der Waals surface area contributed by atoms with Crippen LogP contribution in [-0.4, -0.2) is 4.92 Å². The van der Waals surface area contributed by atoms with Crippen LogP contribution in [0.15, 0.2) is 16.6 Å². The van der Waals surface area contributed by atoms with Gasteiger partial charge in [-0.15, -0.1) is 11.6 Å². The van der Waals surface area contributed by atoms with Crippen molar-refractivity contribution >= 4 is 33.2 Å². The van der Waals surface area contributed by atoms with Crippen LogP contribution in [0.3, 0.4) is 0 Å². The second kappa shape index (κ2) is 5.64. The van der Waals surface area contributed by atoms with Crippen molar-refractivity contribution in [3.8, 4) is 0 Å². The number of nitrogens with zero attached hydrogens (tertiary/aromatic N) is 1. The Balaban J connectivity index is 3.33. The van der Waals surface area contributed by atoms with Crippen molar-refractivity contribution in [1.82, 2.24) is 0 Å². The summed E-state index contributed by atoms with van der Waals surface area (Å²) in [6.07, 6.45) is 0.940. The number of benzene rings is 1. The van der Waals surface area contributed by atoms with E-state index in [0.717, 1.165) is 16.5 Å². The molecule has 1 unspecified atom stereocenters. The summed E-state index contributed by atoms with van der Waals surface area (Å²) in [6, 6.07) is 3.36. The van der Waals surface area contributed by atoms with Crippen LogP contribution >= 0.6 is 27.5 Å². The number of rotatable bonds is 4. The molecule has 1 rings (SSSR count). The molecule has 88 valence electrons. The first-order valence-corrected chi connectivity index (χ1v) is 6.36. The van der Waals surface area contributed by atoms with E-state index in [2.05, 4.69) is 22.9 Å². The fourth-order valence-electron chi connectivity index (χ4n) is 1.49. The third-order valence-electron chi connectivity index (χ3n) is 2.68. The minimum atomic E-state index is -0.379. The van der Waals surface area contributed by atoms with Gasteiger partial charge >= 0.3 is 0 Å². The number of nitro groups is 1. The second-order valence-electron chi connectivity index (χ2n) is 3.70. The largest absolute Gasteiger partial charge is 0.274 e. The van der Waals surface area contributed by atoms with E-state index >= 15 is 0 Å². The standard InChI is InChI=1S/C11H13BrClNO2/c1-3-7(2)9-5-11(14(15)16)8(6-13)4-10(9)12/h4-5,7H,3,6H2,1-2H3. The SMILES string of the molecule is CCC(C)c1cc([N+](=O)[O-])c(CCl)cc1Br. The van der Waals surface area contributed by atoms with Crippen molar-refractivity contribution in [3.05, 3.63) is 37.8 Å². The maximum atomic E-state index is 10.9.